The average Bonchev–Trinajstić information content (AvgIpc) is 3.02. The van der Waals surface area contributed by atoms with E-state index < -0.39 is 11.6 Å². The van der Waals surface area contributed by atoms with Crippen LogP contribution in [0.4, 0.5) is 20.3 Å². The molecule has 4 rings (SSSR count). The van der Waals surface area contributed by atoms with Gasteiger partial charge in [0.1, 0.15) is 11.3 Å². The molecule has 2 heterocycles. The molecule has 128 valence electrons. The normalized spacial score (nSPS) is 11.5. The van der Waals surface area contributed by atoms with Crippen LogP contribution in [0.1, 0.15) is 5.56 Å². The average molecular weight is 348 g/mol. The number of hydrogen-bond acceptors (Lipinski definition) is 3. The van der Waals surface area contributed by atoms with E-state index in [0.29, 0.717) is 28.4 Å². The summed E-state index contributed by atoms with van der Waals surface area (Å²) in [6.07, 6.45) is 1.80. The lowest BCUT2D eigenvalue weighted by atomic mass is 10.1. The minimum absolute atomic E-state index is 0.436. The zero-order chi connectivity index (χ0) is 18.1. The lowest BCUT2D eigenvalue weighted by molar-refractivity contribution is 0.509. The van der Waals surface area contributed by atoms with Gasteiger partial charge in [0, 0.05) is 11.8 Å². The summed E-state index contributed by atoms with van der Waals surface area (Å²) in [5.74, 6) is -1.38. The summed E-state index contributed by atoms with van der Waals surface area (Å²) in [5, 5.41) is 8.59. The van der Waals surface area contributed by atoms with Crippen molar-refractivity contribution in [2.24, 2.45) is 10.2 Å². The Balaban J connectivity index is 1.86. The molecule has 0 unspecified atom stereocenters. The van der Waals surface area contributed by atoms with Crippen LogP contribution in [0.15, 0.2) is 77.1 Å². The molecule has 0 fully saturated rings. The van der Waals surface area contributed by atoms with Gasteiger partial charge in [0.25, 0.3) is 0 Å². The van der Waals surface area contributed by atoms with Crippen molar-refractivity contribution in [3.05, 3.63) is 84.1 Å². The predicted molar refractivity (Wildman–Crippen MR) is 95.9 cm³/mol. The number of aryl methyl sites for hydroxylation is 1. The first-order chi connectivity index (χ1) is 12.6. The molecule has 0 saturated carbocycles. The van der Waals surface area contributed by atoms with Crippen molar-refractivity contribution < 1.29 is 8.78 Å². The number of nitrogens with zero attached hydrogens (tertiary/aromatic N) is 4. The Labute approximate surface area is 148 Å². The Hall–Kier alpha value is -3.41. The summed E-state index contributed by atoms with van der Waals surface area (Å²) in [4.78, 5) is 4.50. The third kappa shape index (κ3) is 2.97. The number of azo groups is 1. The third-order valence-electron chi connectivity index (χ3n) is 3.99. The number of rotatable bonds is 3. The van der Waals surface area contributed by atoms with Gasteiger partial charge in [-0.2, -0.15) is 0 Å². The van der Waals surface area contributed by atoms with Gasteiger partial charge in [0.05, 0.1) is 5.69 Å². The van der Waals surface area contributed by atoms with Crippen molar-refractivity contribution >= 4 is 17.2 Å². The number of aromatic nitrogens is 2. The fourth-order valence-electron chi connectivity index (χ4n) is 2.63. The Morgan fingerprint density at radius 2 is 1.69 bits per heavy atom. The second-order valence-electron chi connectivity index (χ2n) is 5.88. The largest absolute Gasteiger partial charge is 0.283 e. The molecule has 0 aliphatic carbocycles. The highest BCUT2D eigenvalue weighted by Gasteiger charge is 2.15. The number of fused-ring (bicyclic) bond motifs is 1. The number of pyridine rings is 1. The molecule has 6 heteroatoms. The van der Waals surface area contributed by atoms with Gasteiger partial charge in [-0.05, 0) is 49.4 Å². The zero-order valence-corrected chi connectivity index (χ0v) is 13.9. The van der Waals surface area contributed by atoms with Gasteiger partial charge in [-0.3, -0.25) is 4.40 Å². The molecule has 0 N–H and O–H groups in total. The number of imidazole rings is 1. The number of halogens is 2. The van der Waals surface area contributed by atoms with Crippen molar-refractivity contribution in [3.63, 3.8) is 0 Å². The number of benzene rings is 2. The van der Waals surface area contributed by atoms with E-state index in [-0.39, 0.29) is 0 Å². The summed E-state index contributed by atoms with van der Waals surface area (Å²) < 4.78 is 28.7. The summed E-state index contributed by atoms with van der Waals surface area (Å²) >= 11 is 0. The van der Waals surface area contributed by atoms with Crippen LogP contribution < -0.4 is 0 Å². The molecule has 0 atom stereocenters. The molecular weight excluding hydrogens is 334 g/mol. The van der Waals surface area contributed by atoms with Crippen molar-refractivity contribution in [2.45, 2.75) is 6.92 Å². The molecule has 0 amide bonds. The highest BCUT2D eigenvalue weighted by molar-refractivity contribution is 5.74. The Morgan fingerprint density at radius 1 is 0.885 bits per heavy atom. The smallest absolute Gasteiger partial charge is 0.187 e. The van der Waals surface area contributed by atoms with E-state index in [1.807, 2.05) is 49.4 Å². The van der Waals surface area contributed by atoms with Crippen molar-refractivity contribution in [3.8, 4) is 11.3 Å². The molecule has 2 aromatic carbocycles. The summed E-state index contributed by atoms with van der Waals surface area (Å²) in [7, 11) is 0. The van der Waals surface area contributed by atoms with Crippen LogP contribution in [0, 0.1) is 18.6 Å². The van der Waals surface area contributed by atoms with Crippen LogP contribution in [0.2, 0.25) is 0 Å². The van der Waals surface area contributed by atoms with Gasteiger partial charge < -0.3 is 0 Å². The van der Waals surface area contributed by atoms with E-state index >= 15 is 0 Å². The van der Waals surface area contributed by atoms with Crippen LogP contribution in [0.5, 0.6) is 0 Å². The molecule has 4 nitrogen and oxygen atoms in total. The SMILES string of the molecule is Cc1ccc(N=Nc2c(-c3ccc(F)c(F)c3)nc3ccccn23)cc1. The number of hydrogen-bond donors (Lipinski definition) is 0. The quantitative estimate of drug-likeness (QED) is 0.418. The maximum Gasteiger partial charge on any atom is 0.187 e. The van der Waals surface area contributed by atoms with Crippen LogP contribution in [-0.2, 0) is 0 Å². The maximum absolute atomic E-state index is 13.7. The second kappa shape index (κ2) is 6.48. The standard InChI is InChI=1S/C20H14F2N4/c1-13-5-8-15(9-6-13)24-25-20-19(14-7-10-16(21)17(22)12-14)23-18-4-2-3-11-26(18)20/h2-12H,1H3. The van der Waals surface area contributed by atoms with Gasteiger partial charge in [-0.1, -0.05) is 23.8 Å². The van der Waals surface area contributed by atoms with Gasteiger partial charge in [-0.15, -0.1) is 10.2 Å². The van der Waals surface area contributed by atoms with E-state index in [0.717, 1.165) is 17.7 Å². The molecule has 0 bridgehead atoms. The Kier molecular flexibility index (Phi) is 4.01. The molecule has 0 aliphatic rings. The van der Waals surface area contributed by atoms with E-state index in [2.05, 4.69) is 15.2 Å². The van der Waals surface area contributed by atoms with Gasteiger partial charge >= 0.3 is 0 Å². The highest BCUT2D eigenvalue weighted by Crippen LogP contribution is 2.32. The Morgan fingerprint density at radius 3 is 2.46 bits per heavy atom. The molecule has 0 saturated heterocycles. The maximum atomic E-state index is 13.7. The van der Waals surface area contributed by atoms with Gasteiger partial charge in [-0.25, -0.2) is 13.8 Å². The fourth-order valence-corrected chi connectivity index (χ4v) is 2.63. The lowest BCUT2D eigenvalue weighted by Crippen LogP contribution is -1.86. The van der Waals surface area contributed by atoms with E-state index in [4.69, 9.17) is 0 Å². The van der Waals surface area contributed by atoms with Crippen LogP contribution in [-0.4, -0.2) is 9.38 Å². The van der Waals surface area contributed by atoms with Crippen LogP contribution in [0.25, 0.3) is 16.9 Å². The molecule has 0 aliphatic heterocycles. The molecule has 4 aromatic rings. The second-order valence-corrected chi connectivity index (χ2v) is 5.88. The highest BCUT2D eigenvalue weighted by atomic mass is 19.2. The van der Waals surface area contributed by atoms with Crippen molar-refractivity contribution in [1.82, 2.24) is 9.38 Å². The minimum atomic E-state index is -0.930. The molecule has 2 aromatic heterocycles. The van der Waals surface area contributed by atoms with E-state index in [1.165, 1.54) is 6.07 Å². The van der Waals surface area contributed by atoms with Crippen LogP contribution in [0.3, 0.4) is 0 Å². The van der Waals surface area contributed by atoms with E-state index in [9.17, 15) is 8.78 Å². The molecular formula is C20H14F2N4. The fraction of sp³-hybridized carbons (Fsp3) is 0.0500. The van der Waals surface area contributed by atoms with Crippen LogP contribution >= 0.6 is 0 Å². The first kappa shape index (κ1) is 16.1. The topological polar surface area (TPSA) is 42.0 Å². The predicted octanol–water partition coefficient (Wildman–Crippen LogP) is 6.00. The first-order valence-electron chi connectivity index (χ1n) is 8.03. The zero-order valence-electron chi connectivity index (χ0n) is 13.9. The summed E-state index contributed by atoms with van der Waals surface area (Å²) in [6.45, 7) is 1.99. The lowest BCUT2D eigenvalue weighted by Gasteiger charge is -2.01. The molecule has 0 spiro atoms. The van der Waals surface area contributed by atoms with Gasteiger partial charge in [0.2, 0.25) is 0 Å². The van der Waals surface area contributed by atoms with Crippen molar-refractivity contribution in [2.75, 3.05) is 0 Å². The Bertz CT molecular complexity index is 1110. The van der Waals surface area contributed by atoms with Gasteiger partial charge in [0.15, 0.2) is 17.5 Å². The summed E-state index contributed by atoms with van der Waals surface area (Å²) in [6, 6.07) is 16.8. The molecule has 26 heavy (non-hydrogen) atoms. The molecule has 0 radical (unpaired) electrons. The minimum Gasteiger partial charge on any atom is -0.283 e. The first-order valence-corrected chi connectivity index (χ1v) is 8.03. The monoisotopic (exact) mass is 348 g/mol. The summed E-state index contributed by atoms with van der Waals surface area (Å²) in [5.41, 5.74) is 3.33. The van der Waals surface area contributed by atoms with Crippen molar-refractivity contribution in [1.29, 1.82) is 0 Å². The third-order valence-corrected chi connectivity index (χ3v) is 3.99. The van der Waals surface area contributed by atoms with E-state index in [1.54, 1.807) is 10.6 Å².